The summed E-state index contributed by atoms with van der Waals surface area (Å²) in [5.41, 5.74) is 2.24. The van der Waals surface area contributed by atoms with Gasteiger partial charge in [-0.25, -0.2) is 9.97 Å². The molecule has 5 nitrogen and oxygen atoms in total. The second kappa shape index (κ2) is 6.49. The molecule has 0 saturated heterocycles. The Morgan fingerprint density at radius 1 is 1.10 bits per heavy atom. The van der Waals surface area contributed by atoms with Crippen molar-refractivity contribution in [3.8, 4) is 0 Å². The predicted molar refractivity (Wildman–Crippen MR) is 85.4 cm³/mol. The third kappa shape index (κ3) is 3.88. The van der Waals surface area contributed by atoms with E-state index in [1.54, 1.807) is 24.7 Å². The van der Waals surface area contributed by atoms with E-state index in [1.165, 1.54) is 5.56 Å². The van der Waals surface area contributed by atoms with Crippen LogP contribution in [0.4, 0.5) is 11.6 Å². The van der Waals surface area contributed by atoms with Crippen molar-refractivity contribution < 1.29 is 0 Å². The molecule has 3 rings (SSSR count). The molecule has 0 fully saturated rings. The molecule has 0 bridgehead atoms. The Labute approximate surface area is 131 Å². The summed E-state index contributed by atoms with van der Waals surface area (Å²) in [6.07, 6.45) is 8.14. The summed E-state index contributed by atoms with van der Waals surface area (Å²) >= 11 is 3.40. The quantitative estimate of drug-likeness (QED) is 0.771. The standard InChI is InChI=1S/C15H14BrN5/c16-13-10-19-21(11-13)9-6-12-2-4-14(5-3-12)20-15-17-7-1-8-18-15/h1-5,7-8,10-11H,6,9H2,(H,17,18,20). The third-order valence-corrected chi connectivity index (χ3v) is 3.42. The van der Waals surface area contributed by atoms with Gasteiger partial charge in [-0.2, -0.15) is 5.10 Å². The maximum Gasteiger partial charge on any atom is 0.227 e. The van der Waals surface area contributed by atoms with Gasteiger partial charge in [0.25, 0.3) is 0 Å². The van der Waals surface area contributed by atoms with Gasteiger partial charge in [0, 0.05) is 30.8 Å². The molecule has 1 N–H and O–H groups in total. The molecular weight excluding hydrogens is 330 g/mol. The van der Waals surface area contributed by atoms with Crippen molar-refractivity contribution in [2.45, 2.75) is 13.0 Å². The first-order valence-electron chi connectivity index (χ1n) is 6.60. The van der Waals surface area contributed by atoms with Crippen LogP contribution >= 0.6 is 15.9 Å². The number of anilines is 2. The fraction of sp³-hybridized carbons (Fsp3) is 0.133. The van der Waals surface area contributed by atoms with Crippen LogP contribution in [-0.2, 0) is 13.0 Å². The molecule has 0 atom stereocenters. The van der Waals surface area contributed by atoms with Gasteiger partial charge in [-0.15, -0.1) is 0 Å². The molecule has 3 aromatic rings. The molecule has 6 heteroatoms. The van der Waals surface area contributed by atoms with Crippen LogP contribution in [0.5, 0.6) is 0 Å². The minimum Gasteiger partial charge on any atom is -0.324 e. The minimum absolute atomic E-state index is 0.603. The summed E-state index contributed by atoms with van der Waals surface area (Å²) in [7, 11) is 0. The zero-order chi connectivity index (χ0) is 14.5. The Hall–Kier alpha value is -2.21. The number of hydrogen-bond donors (Lipinski definition) is 1. The Kier molecular flexibility index (Phi) is 4.25. The van der Waals surface area contributed by atoms with Gasteiger partial charge in [-0.3, -0.25) is 4.68 Å². The summed E-state index contributed by atoms with van der Waals surface area (Å²) in [6, 6.07) is 10.1. The number of hydrogen-bond acceptors (Lipinski definition) is 4. The average molecular weight is 344 g/mol. The lowest BCUT2D eigenvalue weighted by molar-refractivity contribution is 0.614. The summed E-state index contributed by atoms with van der Waals surface area (Å²) in [5.74, 6) is 0.603. The first-order chi connectivity index (χ1) is 10.3. The van der Waals surface area contributed by atoms with Gasteiger partial charge >= 0.3 is 0 Å². The molecule has 0 aliphatic heterocycles. The zero-order valence-corrected chi connectivity index (χ0v) is 12.9. The van der Waals surface area contributed by atoms with Crippen LogP contribution in [0.2, 0.25) is 0 Å². The van der Waals surface area contributed by atoms with Crippen molar-refractivity contribution in [1.82, 2.24) is 19.7 Å². The summed E-state index contributed by atoms with van der Waals surface area (Å²) in [6.45, 7) is 0.861. The minimum atomic E-state index is 0.603. The normalized spacial score (nSPS) is 10.5. The molecule has 2 aromatic heterocycles. The topological polar surface area (TPSA) is 55.6 Å². The highest BCUT2D eigenvalue weighted by Crippen LogP contribution is 2.14. The molecular formula is C15H14BrN5. The monoisotopic (exact) mass is 343 g/mol. The molecule has 2 heterocycles. The van der Waals surface area contributed by atoms with E-state index in [0.717, 1.165) is 23.1 Å². The van der Waals surface area contributed by atoms with E-state index in [0.29, 0.717) is 5.95 Å². The van der Waals surface area contributed by atoms with Crippen LogP contribution in [0.25, 0.3) is 0 Å². The maximum atomic E-state index is 4.25. The molecule has 0 amide bonds. The second-order valence-electron chi connectivity index (χ2n) is 4.57. The van der Waals surface area contributed by atoms with Gasteiger partial charge in [0.15, 0.2) is 0 Å². The van der Waals surface area contributed by atoms with Gasteiger partial charge in [-0.1, -0.05) is 12.1 Å². The van der Waals surface area contributed by atoms with Crippen molar-refractivity contribution in [3.05, 3.63) is 65.2 Å². The van der Waals surface area contributed by atoms with Crippen molar-refractivity contribution in [1.29, 1.82) is 0 Å². The van der Waals surface area contributed by atoms with Gasteiger partial charge < -0.3 is 5.32 Å². The lowest BCUT2D eigenvalue weighted by Gasteiger charge is -2.06. The smallest absolute Gasteiger partial charge is 0.227 e. The van der Waals surface area contributed by atoms with E-state index in [9.17, 15) is 0 Å². The van der Waals surface area contributed by atoms with Crippen LogP contribution in [0, 0.1) is 0 Å². The SMILES string of the molecule is Brc1cnn(CCc2ccc(Nc3ncccn3)cc2)c1. The molecule has 0 spiro atoms. The first-order valence-corrected chi connectivity index (χ1v) is 7.40. The van der Waals surface area contributed by atoms with Crippen molar-refractivity contribution in [2.24, 2.45) is 0 Å². The highest BCUT2D eigenvalue weighted by atomic mass is 79.9. The summed E-state index contributed by atoms with van der Waals surface area (Å²) in [5, 5.41) is 7.41. The van der Waals surface area contributed by atoms with Gasteiger partial charge in [0.1, 0.15) is 0 Å². The van der Waals surface area contributed by atoms with E-state index in [-0.39, 0.29) is 0 Å². The second-order valence-corrected chi connectivity index (χ2v) is 5.48. The lowest BCUT2D eigenvalue weighted by atomic mass is 10.1. The fourth-order valence-electron chi connectivity index (χ4n) is 1.95. The fourth-order valence-corrected chi connectivity index (χ4v) is 2.28. The summed E-state index contributed by atoms with van der Waals surface area (Å²) in [4.78, 5) is 8.27. The highest BCUT2D eigenvalue weighted by molar-refractivity contribution is 9.10. The van der Waals surface area contributed by atoms with Crippen LogP contribution in [0.15, 0.2) is 59.6 Å². The number of halogens is 1. The zero-order valence-electron chi connectivity index (χ0n) is 11.3. The largest absolute Gasteiger partial charge is 0.324 e. The van der Waals surface area contributed by atoms with Crippen molar-refractivity contribution in [2.75, 3.05) is 5.32 Å². The Bertz CT molecular complexity index is 694. The molecule has 106 valence electrons. The number of nitrogens with one attached hydrogen (secondary N) is 1. The Morgan fingerprint density at radius 2 is 1.86 bits per heavy atom. The van der Waals surface area contributed by atoms with Crippen molar-refractivity contribution >= 4 is 27.6 Å². The van der Waals surface area contributed by atoms with Crippen LogP contribution in [-0.4, -0.2) is 19.7 Å². The van der Waals surface area contributed by atoms with Gasteiger partial charge in [0.2, 0.25) is 5.95 Å². The van der Waals surface area contributed by atoms with Gasteiger partial charge in [0.05, 0.1) is 10.7 Å². The van der Waals surface area contributed by atoms with E-state index < -0.39 is 0 Å². The first kappa shape index (κ1) is 13.8. The number of aromatic nitrogens is 4. The molecule has 0 aliphatic rings. The number of nitrogens with zero attached hydrogens (tertiary/aromatic N) is 4. The maximum absolute atomic E-state index is 4.25. The number of aryl methyl sites for hydroxylation is 2. The molecule has 0 radical (unpaired) electrons. The van der Waals surface area contributed by atoms with Crippen LogP contribution in [0.1, 0.15) is 5.56 Å². The molecule has 21 heavy (non-hydrogen) atoms. The molecule has 1 aromatic carbocycles. The van der Waals surface area contributed by atoms with E-state index in [2.05, 4.69) is 48.4 Å². The molecule has 0 saturated carbocycles. The third-order valence-electron chi connectivity index (χ3n) is 3.01. The van der Waals surface area contributed by atoms with Crippen LogP contribution < -0.4 is 5.32 Å². The summed E-state index contributed by atoms with van der Waals surface area (Å²) < 4.78 is 2.93. The number of benzene rings is 1. The van der Waals surface area contributed by atoms with E-state index in [4.69, 9.17) is 0 Å². The number of rotatable bonds is 5. The lowest BCUT2D eigenvalue weighted by Crippen LogP contribution is -2.01. The van der Waals surface area contributed by atoms with Gasteiger partial charge in [-0.05, 0) is 46.1 Å². The Morgan fingerprint density at radius 3 is 2.52 bits per heavy atom. The van der Waals surface area contributed by atoms with Crippen molar-refractivity contribution in [3.63, 3.8) is 0 Å². The molecule has 0 unspecified atom stereocenters. The molecule has 0 aliphatic carbocycles. The van der Waals surface area contributed by atoms with E-state index in [1.807, 2.05) is 23.0 Å². The predicted octanol–water partition coefficient (Wildman–Crippen LogP) is 3.42. The van der Waals surface area contributed by atoms with Crippen LogP contribution in [0.3, 0.4) is 0 Å². The van der Waals surface area contributed by atoms with E-state index >= 15 is 0 Å². The highest BCUT2D eigenvalue weighted by Gasteiger charge is 1.99. The Balaban J connectivity index is 1.59. The average Bonchev–Trinajstić information content (AvgIpc) is 2.93.